The summed E-state index contributed by atoms with van der Waals surface area (Å²) in [6, 6.07) is 29.2. The number of aryl methyl sites for hydroxylation is 4. The number of hydrogen-bond acceptors (Lipinski definition) is 23. The molecule has 37 heteroatoms. The topological polar surface area (TPSA) is 387 Å². The van der Waals surface area contributed by atoms with Crippen LogP contribution in [0, 0.1) is 84.4 Å². The number of hydrogen-bond donors (Lipinski definition) is 3. The summed E-state index contributed by atoms with van der Waals surface area (Å²) in [6.45, 7) is 15.5. The Bertz CT molecular complexity index is 5450. The van der Waals surface area contributed by atoms with E-state index in [0.29, 0.717) is 123 Å². The van der Waals surface area contributed by atoms with Crippen molar-refractivity contribution in [2.24, 2.45) is 5.73 Å². The summed E-state index contributed by atoms with van der Waals surface area (Å²) in [5.74, 6) is -2.40. The molecule has 0 saturated carbocycles. The summed E-state index contributed by atoms with van der Waals surface area (Å²) in [7, 11) is -7.31. The number of methoxy groups -OCH3 is 4. The first-order valence-corrected chi connectivity index (χ1v) is 43.6. The summed E-state index contributed by atoms with van der Waals surface area (Å²) >= 11 is 0. The summed E-state index contributed by atoms with van der Waals surface area (Å²) in [5, 5.41) is 21.6. The van der Waals surface area contributed by atoms with Gasteiger partial charge >= 0.3 is 11.4 Å². The van der Waals surface area contributed by atoms with E-state index in [9.17, 15) is 80.6 Å². The van der Waals surface area contributed by atoms with Crippen molar-refractivity contribution in [1.29, 1.82) is 0 Å². The number of benzene rings is 8. The maximum atomic E-state index is 14.8. The number of aromatic nitrogens is 2. The zero-order valence-corrected chi connectivity index (χ0v) is 74.1. The molecule has 0 aliphatic carbocycles. The standard InChI is InChI=1S/C20H23FN2O5S.C20H24FNO6S.C20H26FNO4S.C12H19NO4S.C7H5F2NO2.CH3.W/c1-5-28-18-10-13(6-7-17(18)27-3)16(11-29(4,25)26)23-19-14(21)8-12(2)9-15(19)22-20(23)24;1-5-28-20-11-14(6-7-19(20)27-3)15(12-29(4,25)26)10-16-17(21)8-13(2)9-18(16)22(23)24;1-5-26-20-11-14(6-7-19(20)25-3)15(12-27(4,23)24)10-16-17(21)8-13(2)9-18(16)22;1-4-17-12-7-9(5-6-11(12)16-2)10(13)8-18(3,14)15;1-4-2-5(8)7(9)6(3-4)10(11)12;;/h6-10,16H,5,11H2,1-4H3,(H,22,24);6-9,11,15H,5,10,12H2,1-4H3;6-9,11,15H,5,10,12,22H2,1-4H3;5-7,10H,4,8,13H2,1-3H3;2-3H,1H3;1H3;/q;;;;;-1;/t16-;2*15-;10-;;;/m1111.../s1. The van der Waals surface area contributed by atoms with Crippen LogP contribution in [0.3, 0.4) is 0 Å². The van der Waals surface area contributed by atoms with E-state index < -0.39 is 114 Å². The molecule has 9 rings (SSSR count). The van der Waals surface area contributed by atoms with E-state index in [1.165, 1.54) is 65.0 Å². The van der Waals surface area contributed by atoms with E-state index in [1.807, 2.05) is 20.8 Å². The number of nitro groups is 2. The summed E-state index contributed by atoms with van der Waals surface area (Å²) in [5.41, 5.74) is 15.5. The van der Waals surface area contributed by atoms with Crippen LogP contribution in [0.25, 0.3) is 11.0 Å². The van der Waals surface area contributed by atoms with Crippen LogP contribution in [0.5, 0.6) is 46.0 Å². The van der Waals surface area contributed by atoms with Gasteiger partial charge in [0.25, 0.3) is 5.69 Å². The predicted molar refractivity (Wildman–Crippen MR) is 438 cm³/mol. The number of nitro benzene ring substituents is 2. The van der Waals surface area contributed by atoms with E-state index in [0.717, 1.165) is 40.3 Å². The summed E-state index contributed by atoms with van der Waals surface area (Å²) < 4.78 is 208. The van der Waals surface area contributed by atoms with Gasteiger partial charge in [0.1, 0.15) is 62.3 Å². The minimum atomic E-state index is -3.51. The van der Waals surface area contributed by atoms with Crippen LogP contribution in [0.1, 0.15) is 107 Å². The maximum absolute atomic E-state index is 14.8. The first-order chi connectivity index (χ1) is 53.7. The number of aromatic amines is 1. The zero-order valence-electron chi connectivity index (χ0n) is 67.9. The van der Waals surface area contributed by atoms with Crippen molar-refractivity contribution >= 4 is 67.4 Å². The molecule has 0 aliphatic heterocycles. The number of H-pyrrole nitrogens is 1. The van der Waals surface area contributed by atoms with Gasteiger partial charge in [-0.25, -0.2) is 56.0 Å². The van der Waals surface area contributed by atoms with Crippen LogP contribution >= 0.6 is 0 Å². The van der Waals surface area contributed by atoms with Crippen LogP contribution in [-0.4, -0.2) is 156 Å². The van der Waals surface area contributed by atoms with E-state index in [4.69, 9.17) is 49.4 Å². The second-order valence-corrected chi connectivity index (χ2v) is 35.5. The fourth-order valence-electron chi connectivity index (χ4n) is 12.2. The fourth-order valence-corrected chi connectivity index (χ4v) is 16.1. The van der Waals surface area contributed by atoms with Gasteiger partial charge in [-0.1, -0.05) is 24.3 Å². The summed E-state index contributed by atoms with van der Waals surface area (Å²) in [4.78, 5) is 35.3. The Hall–Kier alpha value is -9.87. The second-order valence-electron chi connectivity index (χ2n) is 26.8. The number of nitrogens with zero attached hydrogens (tertiary/aromatic N) is 3. The van der Waals surface area contributed by atoms with Gasteiger partial charge in [-0.15, -0.1) is 0 Å². The van der Waals surface area contributed by atoms with Gasteiger partial charge in [-0.2, -0.15) is 4.39 Å². The maximum Gasteiger partial charge on any atom is 0.327 e. The molecule has 9 aromatic rings. The molecule has 0 saturated heterocycles. The number of anilines is 1. The molecule has 0 unspecified atom stereocenters. The number of nitrogens with two attached hydrogens (primary N) is 2. The molecular formula is C80H100F5N6O21S4W-. The monoisotopic (exact) mass is 1890 g/mol. The van der Waals surface area contributed by atoms with Crippen molar-refractivity contribution in [3.63, 3.8) is 0 Å². The third kappa shape index (κ3) is 30.5. The summed E-state index contributed by atoms with van der Waals surface area (Å²) in [6.07, 6.45) is 4.51. The molecule has 0 fully saturated rings. The normalized spacial score (nSPS) is 12.2. The largest absolute Gasteiger partial charge is 0.493 e. The molecule has 27 nitrogen and oxygen atoms in total. The smallest absolute Gasteiger partial charge is 0.327 e. The number of ether oxygens (including phenoxy) is 8. The fraction of sp³-hybridized carbons (Fsp3) is 0.375. The van der Waals surface area contributed by atoms with Crippen molar-refractivity contribution < 1.29 is 124 Å². The SMILES string of the molecule is CCOc1cc([C@@H](CS(C)(=O)=O)n2c(=O)[nH]c3cc(C)cc(F)c32)ccc1OC.CCOc1cc([C@H](Cc2c(F)cc(C)cc2[N+](=O)[O-])CS(C)(=O)=O)ccc1OC.CCOc1cc([C@H](Cc2c(N)cc(C)cc2F)CS(C)(=O)=O)ccc1OC.CCOc1cc([C@H](N)CS(C)(=O)=O)ccc1OC.Cc1cc(F)c(F)c([N+](=O)[O-])c1.[CH3-].[W]. The molecule has 1 aromatic heterocycles. The average molecular weight is 1890 g/mol. The van der Waals surface area contributed by atoms with Gasteiger partial charge in [0.05, 0.1) is 105 Å². The number of halogens is 5. The first kappa shape index (κ1) is 101. The predicted octanol–water partition coefficient (Wildman–Crippen LogP) is 13.9. The van der Waals surface area contributed by atoms with Crippen LogP contribution in [0.15, 0.2) is 126 Å². The molecule has 0 aliphatic rings. The molecule has 1 heterocycles. The van der Waals surface area contributed by atoms with Gasteiger partial charge in [-0.3, -0.25) is 24.8 Å². The van der Waals surface area contributed by atoms with Crippen molar-refractivity contribution in [3.05, 3.63) is 244 Å². The average Bonchev–Trinajstić information content (AvgIpc) is 1.62. The molecule has 0 amide bonds. The molecule has 8 aromatic carbocycles. The Labute approximate surface area is 693 Å². The number of sulfone groups is 4. The number of nitrogen functional groups attached to an aromatic ring is 1. The molecule has 0 bridgehead atoms. The molecule has 5 N–H and O–H groups in total. The Kier molecular flexibility index (Phi) is 39.1. The minimum absolute atomic E-state index is 0. The first-order valence-electron chi connectivity index (χ1n) is 35.4. The number of nitrogens with one attached hydrogen (secondary N) is 1. The van der Waals surface area contributed by atoms with Crippen molar-refractivity contribution in [2.75, 3.05) is 109 Å². The van der Waals surface area contributed by atoms with Crippen molar-refractivity contribution in [2.45, 2.75) is 92.2 Å². The van der Waals surface area contributed by atoms with E-state index in [2.05, 4.69) is 4.98 Å². The van der Waals surface area contributed by atoms with E-state index in [-0.39, 0.29) is 81.1 Å². The van der Waals surface area contributed by atoms with Crippen molar-refractivity contribution in [1.82, 2.24) is 9.55 Å². The second kappa shape index (κ2) is 45.2. The number of fused-ring (bicyclic) bond motifs is 1. The Balaban J connectivity index is 0.000000387. The quantitative estimate of drug-likeness (QED) is 0.0119. The molecule has 4 atom stereocenters. The molecule has 0 radical (unpaired) electrons. The van der Waals surface area contributed by atoms with Gasteiger partial charge in [0, 0.05) is 87.3 Å². The molecule has 642 valence electrons. The van der Waals surface area contributed by atoms with E-state index in [1.54, 1.807) is 120 Å². The van der Waals surface area contributed by atoms with Gasteiger partial charge in [-0.05, 0) is 198 Å². The Morgan fingerprint density at radius 2 is 0.778 bits per heavy atom. The van der Waals surface area contributed by atoms with Crippen LogP contribution in [0.4, 0.5) is 39.0 Å². The zero-order chi connectivity index (χ0) is 86.4. The third-order valence-corrected chi connectivity index (χ3v) is 20.9. The van der Waals surface area contributed by atoms with Crippen LogP contribution < -0.4 is 55.1 Å². The Morgan fingerprint density at radius 1 is 0.444 bits per heavy atom. The molecule has 0 spiro atoms. The molecular weight excluding hydrogens is 1790 g/mol. The van der Waals surface area contributed by atoms with Crippen molar-refractivity contribution in [3.8, 4) is 46.0 Å². The van der Waals surface area contributed by atoms with Crippen LogP contribution in [0.2, 0.25) is 0 Å². The number of imidazole rings is 1. The third-order valence-electron chi connectivity index (χ3n) is 17.0. The van der Waals surface area contributed by atoms with Crippen LogP contribution in [-0.2, 0) is 73.3 Å². The minimum Gasteiger partial charge on any atom is -0.493 e. The van der Waals surface area contributed by atoms with Gasteiger partial charge in [0.2, 0.25) is 5.82 Å². The Morgan fingerprint density at radius 3 is 1.16 bits per heavy atom. The van der Waals surface area contributed by atoms with Gasteiger partial charge < -0.3 is 61.8 Å². The van der Waals surface area contributed by atoms with E-state index >= 15 is 0 Å². The molecule has 117 heavy (non-hydrogen) atoms. The van der Waals surface area contributed by atoms with Gasteiger partial charge in [0.15, 0.2) is 51.8 Å². The number of rotatable bonds is 31.